The highest BCUT2D eigenvalue weighted by molar-refractivity contribution is 6.39. The smallest absolute Gasteiger partial charge is 0.290 e. The first-order chi connectivity index (χ1) is 8.49. The van der Waals surface area contributed by atoms with Crippen LogP contribution in [0, 0.1) is 17.0 Å². The first-order valence-corrected chi connectivity index (χ1v) is 6.13. The summed E-state index contributed by atoms with van der Waals surface area (Å²) in [6, 6.07) is 1.70. The van der Waals surface area contributed by atoms with Gasteiger partial charge in [-0.2, -0.15) is 0 Å². The molecule has 1 aromatic rings. The minimum atomic E-state index is -0.438. The van der Waals surface area contributed by atoms with Crippen LogP contribution >= 0.6 is 23.2 Å². The molecule has 0 spiro atoms. The van der Waals surface area contributed by atoms with Gasteiger partial charge in [-0.25, -0.2) is 4.98 Å². The first-order valence-electron chi connectivity index (χ1n) is 5.38. The summed E-state index contributed by atoms with van der Waals surface area (Å²) < 4.78 is 0. The van der Waals surface area contributed by atoms with Crippen LogP contribution in [-0.2, 0) is 0 Å². The van der Waals surface area contributed by atoms with E-state index in [1.54, 1.807) is 13.0 Å². The standard InChI is InChI=1S/C11H11Cl2N3O2/c1-7-4-11(14-5-10(7)16(17)18)15-3-2-8(12)9(13)6-15/h4-5H,2-3,6H2,1H3. The maximum Gasteiger partial charge on any atom is 0.290 e. The molecule has 0 aromatic carbocycles. The van der Waals surface area contributed by atoms with E-state index in [-0.39, 0.29) is 5.69 Å². The number of aryl methyl sites for hydroxylation is 1. The molecule has 7 heteroatoms. The second-order valence-corrected chi connectivity index (χ2v) is 4.98. The normalized spacial score (nSPS) is 16.1. The predicted molar refractivity (Wildman–Crippen MR) is 71.2 cm³/mol. The molecule has 1 aromatic heterocycles. The lowest BCUT2D eigenvalue weighted by Crippen LogP contribution is -2.30. The summed E-state index contributed by atoms with van der Waals surface area (Å²) in [6.07, 6.45) is 1.94. The number of hydrogen-bond acceptors (Lipinski definition) is 4. The van der Waals surface area contributed by atoms with Crippen LogP contribution in [-0.4, -0.2) is 23.0 Å². The van der Waals surface area contributed by atoms with E-state index in [0.717, 1.165) is 0 Å². The Morgan fingerprint density at radius 1 is 1.44 bits per heavy atom. The van der Waals surface area contributed by atoms with Gasteiger partial charge < -0.3 is 4.90 Å². The number of anilines is 1. The van der Waals surface area contributed by atoms with Crippen molar-refractivity contribution in [2.24, 2.45) is 0 Å². The van der Waals surface area contributed by atoms with E-state index in [4.69, 9.17) is 23.2 Å². The van der Waals surface area contributed by atoms with Crippen molar-refractivity contribution in [1.82, 2.24) is 4.98 Å². The second-order valence-electron chi connectivity index (χ2n) is 4.07. The molecule has 2 heterocycles. The van der Waals surface area contributed by atoms with Gasteiger partial charge in [0.05, 0.1) is 16.5 Å². The average molecular weight is 288 g/mol. The van der Waals surface area contributed by atoms with Crippen molar-refractivity contribution in [3.05, 3.63) is 38.0 Å². The lowest BCUT2D eigenvalue weighted by molar-refractivity contribution is -0.385. The van der Waals surface area contributed by atoms with Crippen LogP contribution in [0.1, 0.15) is 12.0 Å². The maximum absolute atomic E-state index is 10.7. The molecule has 1 aliphatic rings. The third-order valence-electron chi connectivity index (χ3n) is 2.81. The number of hydrogen-bond donors (Lipinski definition) is 0. The first kappa shape index (κ1) is 13.1. The predicted octanol–water partition coefficient (Wildman–Crippen LogP) is 3.20. The maximum atomic E-state index is 10.7. The zero-order valence-electron chi connectivity index (χ0n) is 9.69. The minimum Gasteiger partial charge on any atom is -0.351 e. The highest BCUT2D eigenvalue weighted by Gasteiger charge is 2.20. The summed E-state index contributed by atoms with van der Waals surface area (Å²) in [7, 11) is 0. The fourth-order valence-electron chi connectivity index (χ4n) is 1.79. The molecule has 0 amide bonds. The number of nitrogens with zero attached hydrogens (tertiary/aromatic N) is 3. The lowest BCUT2D eigenvalue weighted by atomic mass is 10.2. The van der Waals surface area contributed by atoms with Gasteiger partial charge in [-0.05, 0) is 13.0 Å². The fourth-order valence-corrected chi connectivity index (χ4v) is 2.18. The van der Waals surface area contributed by atoms with Gasteiger partial charge in [0.1, 0.15) is 12.0 Å². The summed E-state index contributed by atoms with van der Waals surface area (Å²) in [5.74, 6) is 0.681. The van der Waals surface area contributed by atoms with E-state index in [2.05, 4.69) is 4.98 Å². The Morgan fingerprint density at radius 2 is 2.17 bits per heavy atom. The summed E-state index contributed by atoms with van der Waals surface area (Å²) in [5, 5.41) is 12.0. The van der Waals surface area contributed by atoms with Gasteiger partial charge in [0, 0.05) is 23.6 Å². The molecule has 0 saturated carbocycles. The van der Waals surface area contributed by atoms with E-state index >= 15 is 0 Å². The van der Waals surface area contributed by atoms with Crippen molar-refractivity contribution in [3.63, 3.8) is 0 Å². The van der Waals surface area contributed by atoms with Gasteiger partial charge in [0.15, 0.2) is 0 Å². The van der Waals surface area contributed by atoms with E-state index < -0.39 is 4.92 Å². The zero-order chi connectivity index (χ0) is 13.3. The third-order valence-corrected chi connectivity index (χ3v) is 3.68. The Hall–Kier alpha value is -1.33. The summed E-state index contributed by atoms with van der Waals surface area (Å²) >= 11 is 11.9. The molecule has 1 aliphatic heterocycles. The molecular weight excluding hydrogens is 277 g/mol. The molecule has 18 heavy (non-hydrogen) atoms. The molecule has 2 rings (SSSR count). The zero-order valence-corrected chi connectivity index (χ0v) is 11.2. The van der Waals surface area contributed by atoms with Crippen molar-refractivity contribution in [1.29, 1.82) is 0 Å². The lowest BCUT2D eigenvalue weighted by Gasteiger charge is -2.27. The largest absolute Gasteiger partial charge is 0.351 e. The van der Waals surface area contributed by atoms with E-state index in [9.17, 15) is 10.1 Å². The number of halogens is 2. The van der Waals surface area contributed by atoms with Crippen molar-refractivity contribution >= 4 is 34.7 Å². The third kappa shape index (κ3) is 2.57. The Labute approximate surface area is 114 Å². The number of rotatable bonds is 2. The summed E-state index contributed by atoms with van der Waals surface area (Å²) in [4.78, 5) is 16.3. The molecule has 0 radical (unpaired) electrons. The van der Waals surface area contributed by atoms with Crippen LogP contribution < -0.4 is 4.90 Å². The van der Waals surface area contributed by atoms with Gasteiger partial charge in [0.25, 0.3) is 5.69 Å². The Morgan fingerprint density at radius 3 is 2.72 bits per heavy atom. The molecule has 0 fully saturated rings. The number of nitro groups is 1. The molecule has 0 atom stereocenters. The fraction of sp³-hybridized carbons (Fsp3) is 0.364. The highest BCUT2D eigenvalue weighted by atomic mass is 35.5. The van der Waals surface area contributed by atoms with Crippen molar-refractivity contribution in [2.45, 2.75) is 13.3 Å². The van der Waals surface area contributed by atoms with Crippen molar-refractivity contribution in [3.8, 4) is 0 Å². The summed E-state index contributed by atoms with van der Waals surface area (Å²) in [6.45, 7) is 2.89. The summed E-state index contributed by atoms with van der Waals surface area (Å²) in [5.41, 5.74) is 0.609. The SMILES string of the molecule is Cc1cc(N2CCC(Cl)=C(Cl)C2)ncc1[N+](=O)[O-]. The van der Waals surface area contributed by atoms with Crippen molar-refractivity contribution in [2.75, 3.05) is 18.0 Å². The minimum absolute atomic E-state index is 0.0235. The van der Waals surface area contributed by atoms with E-state index in [0.29, 0.717) is 41.0 Å². The van der Waals surface area contributed by atoms with E-state index in [1.807, 2.05) is 4.90 Å². The molecule has 0 unspecified atom stereocenters. The molecule has 96 valence electrons. The van der Waals surface area contributed by atoms with Crippen LogP contribution in [0.4, 0.5) is 11.5 Å². The Kier molecular flexibility index (Phi) is 3.73. The Balaban J connectivity index is 2.26. The molecule has 0 aliphatic carbocycles. The van der Waals surface area contributed by atoms with Gasteiger partial charge in [0.2, 0.25) is 0 Å². The second kappa shape index (κ2) is 5.12. The molecular formula is C11H11Cl2N3O2. The number of aromatic nitrogens is 1. The molecule has 0 N–H and O–H groups in total. The van der Waals surface area contributed by atoms with Gasteiger partial charge in [-0.15, -0.1) is 0 Å². The molecule has 0 saturated heterocycles. The van der Waals surface area contributed by atoms with Gasteiger partial charge in [-0.1, -0.05) is 23.2 Å². The van der Waals surface area contributed by atoms with Gasteiger partial charge >= 0.3 is 0 Å². The van der Waals surface area contributed by atoms with E-state index in [1.165, 1.54) is 6.20 Å². The van der Waals surface area contributed by atoms with Crippen LogP contribution in [0.3, 0.4) is 0 Å². The van der Waals surface area contributed by atoms with Gasteiger partial charge in [-0.3, -0.25) is 10.1 Å². The topological polar surface area (TPSA) is 59.3 Å². The van der Waals surface area contributed by atoms with Crippen molar-refractivity contribution < 1.29 is 4.92 Å². The quantitative estimate of drug-likeness (QED) is 0.619. The highest BCUT2D eigenvalue weighted by Crippen LogP contribution is 2.28. The van der Waals surface area contributed by atoms with Crippen LogP contribution in [0.2, 0.25) is 0 Å². The number of pyridine rings is 1. The molecule has 0 bridgehead atoms. The monoisotopic (exact) mass is 287 g/mol. The molecule has 5 nitrogen and oxygen atoms in total. The van der Waals surface area contributed by atoms with Crippen LogP contribution in [0.25, 0.3) is 0 Å². The Bertz CT molecular complexity index is 531. The van der Waals surface area contributed by atoms with Crippen LogP contribution in [0.15, 0.2) is 22.3 Å². The van der Waals surface area contributed by atoms with Crippen LogP contribution in [0.5, 0.6) is 0 Å². The average Bonchev–Trinajstić information content (AvgIpc) is 2.32.